The second-order valence-electron chi connectivity index (χ2n) is 3.62. The van der Waals surface area contributed by atoms with Gasteiger partial charge in [0, 0.05) is 13.1 Å². The maximum Gasteiger partial charge on any atom is 0.341 e. The van der Waals surface area contributed by atoms with Crippen molar-refractivity contribution in [1.82, 2.24) is 4.90 Å². The zero-order chi connectivity index (χ0) is 12.7. The van der Waals surface area contributed by atoms with E-state index >= 15 is 0 Å². The van der Waals surface area contributed by atoms with E-state index in [1.54, 1.807) is 6.08 Å². The molecule has 1 rings (SSSR count). The van der Waals surface area contributed by atoms with Crippen LogP contribution < -0.4 is 0 Å². The summed E-state index contributed by atoms with van der Waals surface area (Å²) in [7, 11) is 1.25. The van der Waals surface area contributed by atoms with Crippen molar-refractivity contribution in [2.45, 2.75) is 6.92 Å². The minimum absolute atomic E-state index is 0.0528. The lowest BCUT2D eigenvalue weighted by atomic mass is 10.2. The normalized spacial score (nSPS) is 17.3. The Balaban J connectivity index is 2.61. The van der Waals surface area contributed by atoms with E-state index in [0.29, 0.717) is 13.2 Å². The van der Waals surface area contributed by atoms with E-state index in [1.165, 1.54) is 20.1 Å². The summed E-state index contributed by atoms with van der Waals surface area (Å²) in [6.07, 6.45) is 5.00. The first kappa shape index (κ1) is 13.4. The fraction of sp³-hybridized carbons (Fsp3) is 0.500. The molecule has 0 N–H and O–H groups in total. The number of esters is 1. The molecule has 1 saturated heterocycles. The molecule has 0 bridgehead atoms. The maximum absolute atomic E-state index is 11.3. The van der Waals surface area contributed by atoms with Gasteiger partial charge >= 0.3 is 5.97 Å². The first-order valence-corrected chi connectivity index (χ1v) is 5.44. The second kappa shape index (κ2) is 6.85. The van der Waals surface area contributed by atoms with Crippen LogP contribution in [0, 0.1) is 0 Å². The Labute approximate surface area is 101 Å². The van der Waals surface area contributed by atoms with E-state index in [9.17, 15) is 9.59 Å². The quantitative estimate of drug-likeness (QED) is 0.235. The number of ketones is 1. The van der Waals surface area contributed by atoms with E-state index in [-0.39, 0.29) is 11.4 Å². The van der Waals surface area contributed by atoms with E-state index in [0.717, 1.165) is 13.1 Å². The van der Waals surface area contributed by atoms with Gasteiger partial charge in [0.2, 0.25) is 0 Å². The van der Waals surface area contributed by atoms with Crippen LogP contribution in [-0.4, -0.2) is 50.1 Å². The molecule has 0 aliphatic carbocycles. The Morgan fingerprint density at radius 1 is 1.29 bits per heavy atom. The molecular formula is C12H17NO4. The molecule has 1 fully saturated rings. The van der Waals surface area contributed by atoms with Crippen LogP contribution in [-0.2, 0) is 19.1 Å². The number of nitrogens with zero attached hydrogens (tertiary/aromatic N) is 1. The van der Waals surface area contributed by atoms with Crippen molar-refractivity contribution in [2.24, 2.45) is 0 Å². The number of morpholine rings is 1. The van der Waals surface area contributed by atoms with Gasteiger partial charge in [0.1, 0.15) is 5.57 Å². The number of methoxy groups -OCH3 is 1. The van der Waals surface area contributed by atoms with Crippen molar-refractivity contribution in [3.63, 3.8) is 0 Å². The highest BCUT2D eigenvalue weighted by molar-refractivity contribution is 6.16. The summed E-state index contributed by atoms with van der Waals surface area (Å²) in [4.78, 5) is 24.5. The number of hydrogen-bond donors (Lipinski definition) is 0. The molecule has 5 nitrogen and oxygen atoms in total. The molecule has 1 heterocycles. The molecule has 0 saturated carbocycles. The average Bonchev–Trinajstić information content (AvgIpc) is 2.34. The van der Waals surface area contributed by atoms with Gasteiger partial charge in [-0.3, -0.25) is 4.79 Å². The van der Waals surface area contributed by atoms with E-state index < -0.39 is 5.97 Å². The van der Waals surface area contributed by atoms with Crippen LogP contribution in [0.15, 0.2) is 23.9 Å². The van der Waals surface area contributed by atoms with Gasteiger partial charge in [0.05, 0.1) is 20.3 Å². The predicted molar refractivity (Wildman–Crippen MR) is 62.3 cm³/mol. The summed E-state index contributed by atoms with van der Waals surface area (Å²) in [6.45, 7) is 4.37. The lowest BCUT2D eigenvalue weighted by Gasteiger charge is -2.24. The van der Waals surface area contributed by atoms with Crippen LogP contribution in [0.25, 0.3) is 0 Å². The molecule has 0 amide bonds. The smallest absolute Gasteiger partial charge is 0.341 e. The monoisotopic (exact) mass is 239 g/mol. The van der Waals surface area contributed by atoms with Gasteiger partial charge in [-0.05, 0) is 25.3 Å². The summed E-state index contributed by atoms with van der Waals surface area (Å²) in [5, 5.41) is 0. The molecular weight excluding hydrogens is 222 g/mol. The van der Waals surface area contributed by atoms with Crippen molar-refractivity contribution >= 4 is 11.8 Å². The first-order chi connectivity index (χ1) is 8.15. The molecule has 5 heteroatoms. The van der Waals surface area contributed by atoms with Crippen LogP contribution in [0.5, 0.6) is 0 Å². The summed E-state index contributed by atoms with van der Waals surface area (Å²) in [6, 6.07) is 0. The molecule has 1 aliphatic heterocycles. The van der Waals surface area contributed by atoms with Crippen LogP contribution in [0.3, 0.4) is 0 Å². The Kier molecular flexibility index (Phi) is 5.42. The number of carbonyl (C=O) groups is 2. The SMILES string of the molecule is COC(=O)C(=CC=CN1CCOCC1)C(C)=O. The number of allylic oxidation sites excluding steroid dienone is 2. The van der Waals surface area contributed by atoms with Crippen LogP contribution in [0.2, 0.25) is 0 Å². The Morgan fingerprint density at radius 2 is 1.94 bits per heavy atom. The minimum atomic E-state index is -0.607. The zero-order valence-corrected chi connectivity index (χ0v) is 10.1. The number of carbonyl (C=O) groups excluding carboxylic acids is 2. The lowest BCUT2D eigenvalue weighted by molar-refractivity contribution is -0.137. The van der Waals surface area contributed by atoms with Crippen molar-refractivity contribution in [2.75, 3.05) is 33.4 Å². The standard InChI is InChI=1S/C12H17NO4/c1-10(14)11(12(15)16-2)4-3-5-13-6-8-17-9-7-13/h3-5H,6-9H2,1-2H3. The lowest BCUT2D eigenvalue weighted by Crippen LogP contribution is -2.31. The Morgan fingerprint density at radius 3 is 2.47 bits per heavy atom. The molecule has 0 aromatic heterocycles. The number of hydrogen-bond acceptors (Lipinski definition) is 5. The molecule has 17 heavy (non-hydrogen) atoms. The van der Waals surface area contributed by atoms with Gasteiger partial charge in [-0.15, -0.1) is 0 Å². The van der Waals surface area contributed by atoms with E-state index in [4.69, 9.17) is 4.74 Å². The van der Waals surface area contributed by atoms with Gasteiger partial charge in [0.25, 0.3) is 0 Å². The maximum atomic E-state index is 11.3. The summed E-state index contributed by atoms with van der Waals surface area (Å²) in [5.41, 5.74) is 0.0528. The second-order valence-corrected chi connectivity index (χ2v) is 3.62. The van der Waals surface area contributed by atoms with Crippen LogP contribution in [0.1, 0.15) is 6.92 Å². The van der Waals surface area contributed by atoms with Crippen LogP contribution in [0.4, 0.5) is 0 Å². The summed E-state index contributed by atoms with van der Waals surface area (Å²) < 4.78 is 9.72. The highest BCUT2D eigenvalue weighted by Crippen LogP contribution is 2.02. The molecule has 0 aromatic carbocycles. The number of ether oxygens (including phenoxy) is 2. The van der Waals surface area contributed by atoms with Crippen molar-refractivity contribution in [1.29, 1.82) is 0 Å². The van der Waals surface area contributed by atoms with Gasteiger partial charge in [-0.2, -0.15) is 0 Å². The fourth-order valence-electron chi connectivity index (χ4n) is 1.43. The highest BCUT2D eigenvalue weighted by atomic mass is 16.5. The van der Waals surface area contributed by atoms with Crippen molar-refractivity contribution in [3.8, 4) is 0 Å². The van der Waals surface area contributed by atoms with Crippen molar-refractivity contribution in [3.05, 3.63) is 23.9 Å². The van der Waals surface area contributed by atoms with Crippen molar-refractivity contribution < 1.29 is 19.1 Å². The van der Waals surface area contributed by atoms with Gasteiger partial charge < -0.3 is 14.4 Å². The molecule has 1 aliphatic rings. The largest absolute Gasteiger partial charge is 0.465 e. The topological polar surface area (TPSA) is 55.8 Å². The average molecular weight is 239 g/mol. The fourth-order valence-corrected chi connectivity index (χ4v) is 1.43. The molecule has 94 valence electrons. The van der Waals surface area contributed by atoms with E-state index in [1.807, 2.05) is 6.20 Å². The summed E-state index contributed by atoms with van der Waals surface area (Å²) in [5.74, 6) is -0.910. The Bertz CT molecular complexity index is 340. The third-order valence-corrected chi connectivity index (χ3v) is 2.39. The van der Waals surface area contributed by atoms with Crippen LogP contribution >= 0.6 is 0 Å². The Hall–Kier alpha value is -1.62. The van der Waals surface area contributed by atoms with Gasteiger partial charge in [-0.25, -0.2) is 4.79 Å². The first-order valence-electron chi connectivity index (χ1n) is 5.44. The number of rotatable bonds is 4. The third-order valence-electron chi connectivity index (χ3n) is 2.39. The summed E-state index contributed by atoms with van der Waals surface area (Å²) >= 11 is 0. The predicted octanol–water partition coefficient (Wildman–Crippen LogP) is 0.521. The van der Waals surface area contributed by atoms with E-state index in [2.05, 4.69) is 9.64 Å². The molecule has 0 aromatic rings. The third kappa shape index (κ3) is 4.40. The minimum Gasteiger partial charge on any atom is -0.465 e. The molecule has 0 atom stereocenters. The zero-order valence-electron chi connectivity index (χ0n) is 10.1. The molecule has 0 unspecified atom stereocenters. The molecule has 0 radical (unpaired) electrons. The van der Waals surface area contributed by atoms with Gasteiger partial charge in [0.15, 0.2) is 5.78 Å². The highest BCUT2D eigenvalue weighted by Gasteiger charge is 2.13. The number of Topliss-reactive ketones (excluding diaryl/α,β-unsaturated/α-hetero) is 1. The molecule has 0 spiro atoms. The van der Waals surface area contributed by atoms with Gasteiger partial charge in [-0.1, -0.05) is 0 Å².